The molecule has 32 heavy (non-hydrogen) atoms. The number of carbonyl (C=O) groups is 3. The first-order valence-corrected chi connectivity index (χ1v) is 10.2. The molecule has 0 aliphatic heterocycles. The summed E-state index contributed by atoms with van der Waals surface area (Å²) in [6, 6.07) is 9.90. The Hall–Kier alpha value is -3.55. The lowest BCUT2D eigenvalue weighted by atomic mass is 10.0. The first kappa shape index (κ1) is 24.7. The molecule has 8 nitrogen and oxygen atoms in total. The molecule has 8 heteroatoms. The molecule has 0 aromatic heterocycles. The lowest BCUT2D eigenvalue weighted by Gasteiger charge is -2.18. The molecule has 1 atom stereocenters. The first-order valence-electron chi connectivity index (χ1n) is 10.2. The number of hydrogen-bond donors (Lipinski definition) is 1. The number of amides is 1. The SMILES string of the molecule is CCOC(=O)COc1ccc([C@H](C)NC(=O)Cc2cc(C(C)=O)ccc2OC)cc1OC. The number of nitrogens with one attached hydrogen (secondary N) is 1. The van der Waals surface area contributed by atoms with Crippen LogP contribution >= 0.6 is 0 Å². The number of ketones is 1. The summed E-state index contributed by atoms with van der Waals surface area (Å²) < 4.78 is 21.0. The van der Waals surface area contributed by atoms with Crippen molar-refractivity contribution in [3.63, 3.8) is 0 Å². The lowest BCUT2D eigenvalue weighted by Crippen LogP contribution is -2.28. The van der Waals surface area contributed by atoms with Gasteiger partial charge in [0.05, 0.1) is 33.3 Å². The molecule has 0 radical (unpaired) electrons. The maximum absolute atomic E-state index is 12.6. The fourth-order valence-corrected chi connectivity index (χ4v) is 3.10. The second kappa shape index (κ2) is 11.7. The van der Waals surface area contributed by atoms with Crippen molar-refractivity contribution in [3.05, 3.63) is 53.1 Å². The van der Waals surface area contributed by atoms with Crippen molar-refractivity contribution < 1.29 is 33.3 Å². The molecule has 0 spiro atoms. The Bertz CT molecular complexity index is 971. The van der Waals surface area contributed by atoms with Crippen LogP contribution in [0.5, 0.6) is 17.2 Å². The Labute approximate surface area is 187 Å². The van der Waals surface area contributed by atoms with E-state index in [0.717, 1.165) is 5.56 Å². The molecule has 172 valence electrons. The Morgan fingerprint density at radius 3 is 2.28 bits per heavy atom. The van der Waals surface area contributed by atoms with Gasteiger partial charge in [0, 0.05) is 11.1 Å². The third kappa shape index (κ3) is 6.73. The molecule has 1 N–H and O–H groups in total. The van der Waals surface area contributed by atoms with E-state index in [1.54, 1.807) is 43.3 Å². The molecule has 0 fully saturated rings. The molecule has 0 aliphatic rings. The summed E-state index contributed by atoms with van der Waals surface area (Å²) in [7, 11) is 3.01. The molecule has 0 saturated carbocycles. The number of methoxy groups -OCH3 is 2. The van der Waals surface area contributed by atoms with Gasteiger partial charge in [-0.2, -0.15) is 0 Å². The van der Waals surface area contributed by atoms with Gasteiger partial charge in [0.1, 0.15) is 5.75 Å². The molecule has 0 saturated heterocycles. The minimum atomic E-state index is -0.469. The van der Waals surface area contributed by atoms with Gasteiger partial charge >= 0.3 is 5.97 Å². The van der Waals surface area contributed by atoms with Crippen LogP contribution in [0.4, 0.5) is 0 Å². The fraction of sp³-hybridized carbons (Fsp3) is 0.375. The number of carbonyl (C=O) groups excluding carboxylic acids is 3. The van der Waals surface area contributed by atoms with Crippen LogP contribution in [0.25, 0.3) is 0 Å². The molecule has 1 amide bonds. The van der Waals surface area contributed by atoms with E-state index in [9.17, 15) is 14.4 Å². The molecule has 0 bridgehead atoms. The highest BCUT2D eigenvalue weighted by atomic mass is 16.6. The molecule has 0 unspecified atom stereocenters. The predicted molar refractivity (Wildman–Crippen MR) is 118 cm³/mol. The molecule has 0 heterocycles. The minimum absolute atomic E-state index is 0.0620. The molecule has 0 aliphatic carbocycles. The predicted octanol–water partition coefficient (Wildman–Crippen LogP) is 3.27. The standard InChI is InChI=1S/C24H29NO7/c1-6-31-24(28)14-32-21-10-7-17(12-22(21)30-5)15(2)25-23(27)13-19-11-18(16(3)26)8-9-20(19)29-4/h7-12,15H,6,13-14H2,1-5H3,(H,25,27)/t15-/m0/s1. The molecular weight excluding hydrogens is 414 g/mol. The molecule has 2 aromatic carbocycles. The summed E-state index contributed by atoms with van der Waals surface area (Å²) in [6.45, 7) is 5.09. The van der Waals surface area contributed by atoms with Crippen molar-refractivity contribution in [2.75, 3.05) is 27.4 Å². The highest BCUT2D eigenvalue weighted by Crippen LogP contribution is 2.30. The van der Waals surface area contributed by atoms with Gasteiger partial charge in [0.2, 0.25) is 5.91 Å². The number of rotatable bonds is 11. The van der Waals surface area contributed by atoms with Crippen LogP contribution in [0.15, 0.2) is 36.4 Å². The van der Waals surface area contributed by atoms with E-state index in [-0.39, 0.29) is 37.4 Å². The van der Waals surface area contributed by atoms with E-state index in [0.29, 0.717) is 28.4 Å². The van der Waals surface area contributed by atoms with Gasteiger partial charge in [-0.3, -0.25) is 9.59 Å². The van der Waals surface area contributed by atoms with Gasteiger partial charge in [0.15, 0.2) is 23.9 Å². The van der Waals surface area contributed by atoms with Gasteiger partial charge in [-0.25, -0.2) is 4.79 Å². The van der Waals surface area contributed by atoms with Gasteiger partial charge < -0.3 is 24.3 Å². The van der Waals surface area contributed by atoms with Crippen molar-refractivity contribution in [1.29, 1.82) is 0 Å². The fourth-order valence-electron chi connectivity index (χ4n) is 3.10. The molecule has 2 rings (SSSR count). The summed E-state index contributed by atoms with van der Waals surface area (Å²) >= 11 is 0. The van der Waals surface area contributed by atoms with Crippen molar-refractivity contribution in [2.24, 2.45) is 0 Å². The number of hydrogen-bond acceptors (Lipinski definition) is 7. The summed E-state index contributed by atoms with van der Waals surface area (Å²) in [5, 5.41) is 2.93. The average molecular weight is 443 g/mol. The van der Waals surface area contributed by atoms with Crippen molar-refractivity contribution in [2.45, 2.75) is 33.2 Å². The smallest absolute Gasteiger partial charge is 0.344 e. The van der Waals surface area contributed by atoms with Gasteiger partial charge in [-0.15, -0.1) is 0 Å². The van der Waals surface area contributed by atoms with E-state index >= 15 is 0 Å². The minimum Gasteiger partial charge on any atom is -0.496 e. The number of ether oxygens (including phenoxy) is 4. The average Bonchev–Trinajstić information content (AvgIpc) is 2.77. The third-order valence-corrected chi connectivity index (χ3v) is 4.75. The largest absolute Gasteiger partial charge is 0.496 e. The van der Waals surface area contributed by atoms with E-state index in [4.69, 9.17) is 18.9 Å². The van der Waals surface area contributed by atoms with Crippen LogP contribution in [0.3, 0.4) is 0 Å². The maximum Gasteiger partial charge on any atom is 0.344 e. The van der Waals surface area contributed by atoms with Crippen LogP contribution in [0.2, 0.25) is 0 Å². The van der Waals surface area contributed by atoms with Crippen molar-refractivity contribution in [1.82, 2.24) is 5.32 Å². The van der Waals surface area contributed by atoms with Crippen LogP contribution in [-0.2, 0) is 20.7 Å². The molecule has 2 aromatic rings. The van der Waals surface area contributed by atoms with Gasteiger partial charge in [0.25, 0.3) is 0 Å². The normalized spacial score (nSPS) is 11.3. The van der Waals surface area contributed by atoms with Crippen molar-refractivity contribution >= 4 is 17.7 Å². The topological polar surface area (TPSA) is 100 Å². The zero-order valence-electron chi connectivity index (χ0n) is 19.0. The Morgan fingerprint density at radius 2 is 1.66 bits per heavy atom. The summed E-state index contributed by atoms with van der Waals surface area (Å²) in [4.78, 5) is 35.8. The number of Topliss-reactive ketones (excluding diaryl/α,β-unsaturated/α-hetero) is 1. The summed E-state index contributed by atoms with van der Waals surface area (Å²) in [5.74, 6) is 0.599. The second-order valence-corrected chi connectivity index (χ2v) is 7.05. The monoisotopic (exact) mass is 443 g/mol. The van der Waals surface area contributed by atoms with Crippen LogP contribution in [0.1, 0.15) is 48.3 Å². The number of esters is 1. The Kier molecular flexibility index (Phi) is 9.07. The highest BCUT2D eigenvalue weighted by Gasteiger charge is 2.16. The lowest BCUT2D eigenvalue weighted by molar-refractivity contribution is -0.145. The Balaban J connectivity index is 2.08. The first-order chi connectivity index (χ1) is 15.3. The third-order valence-electron chi connectivity index (χ3n) is 4.75. The van der Waals surface area contributed by atoms with E-state index in [2.05, 4.69) is 5.32 Å². The van der Waals surface area contributed by atoms with Gasteiger partial charge in [-0.1, -0.05) is 6.07 Å². The Morgan fingerprint density at radius 1 is 0.969 bits per heavy atom. The highest BCUT2D eigenvalue weighted by molar-refractivity contribution is 5.94. The zero-order valence-corrected chi connectivity index (χ0v) is 19.0. The maximum atomic E-state index is 12.6. The van der Waals surface area contributed by atoms with E-state index in [1.807, 2.05) is 6.92 Å². The quantitative estimate of drug-likeness (QED) is 0.420. The van der Waals surface area contributed by atoms with Crippen molar-refractivity contribution in [3.8, 4) is 17.2 Å². The molecular formula is C24H29NO7. The van der Waals surface area contributed by atoms with Gasteiger partial charge in [-0.05, 0) is 56.7 Å². The van der Waals surface area contributed by atoms with Crippen LogP contribution in [-0.4, -0.2) is 45.1 Å². The zero-order chi connectivity index (χ0) is 23.7. The van der Waals surface area contributed by atoms with Crippen LogP contribution < -0.4 is 19.5 Å². The van der Waals surface area contributed by atoms with E-state index in [1.165, 1.54) is 21.1 Å². The van der Waals surface area contributed by atoms with E-state index < -0.39 is 5.97 Å². The summed E-state index contributed by atoms with van der Waals surface area (Å²) in [6.07, 6.45) is 0.0620. The second-order valence-electron chi connectivity index (χ2n) is 7.05. The van der Waals surface area contributed by atoms with Crippen LogP contribution in [0, 0.1) is 0 Å². The summed E-state index contributed by atoms with van der Waals surface area (Å²) in [5.41, 5.74) is 1.94. The number of benzene rings is 2.